The number of benzene rings is 1. The summed E-state index contributed by atoms with van der Waals surface area (Å²) < 4.78 is 26.0. The lowest BCUT2D eigenvalue weighted by Gasteiger charge is -2.25. The van der Waals surface area contributed by atoms with Crippen molar-refractivity contribution >= 4 is 5.69 Å². The largest absolute Gasteiger partial charge is 0.355 e. The molecule has 1 aliphatic rings. The first-order valence-corrected chi connectivity index (χ1v) is 4.93. The lowest BCUT2D eigenvalue weighted by molar-refractivity contribution is 0.508. The van der Waals surface area contributed by atoms with Gasteiger partial charge in [0.25, 0.3) is 0 Å². The van der Waals surface area contributed by atoms with Crippen LogP contribution in [-0.4, -0.2) is 12.7 Å². The number of anilines is 1. The van der Waals surface area contributed by atoms with Crippen LogP contribution in [0.5, 0.6) is 0 Å². The summed E-state index contributed by atoms with van der Waals surface area (Å²) in [5.74, 6) is -1.60. The molecular weight excluding hydrogens is 198 g/mol. The van der Waals surface area contributed by atoms with Gasteiger partial charge < -0.3 is 10.6 Å². The van der Waals surface area contributed by atoms with Crippen molar-refractivity contribution in [2.24, 2.45) is 5.73 Å². The summed E-state index contributed by atoms with van der Waals surface area (Å²) >= 11 is 0. The molecule has 0 saturated heterocycles. The maximum Gasteiger partial charge on any atom is 0.160 e. The molecular formula is C11H13F2N2. The molecule has 0 saturated carbocycles. The van der Waals surface area contributed by atoms with E-state index in [1.165, 1.54) is 12.1 Å². The van der Waals surface area contributed by atoms with E-state index in [1.54, 1.807) is 0 Å². The molecule has 0 aliphatic carbocycles. The van der Waals surface area contributed by atoms with Gasteiger partial charge in [-0.15, -0.1) is 0 Å². The van der Waals surface area contributed by atoms with Crippen molar-refractivity contribution in [1.29, 1.82) is 0 Å². The van der Waals surface area contributed by atoms with Gasteiger partial charge in [-0.05, 0) is 24.5 Å². The maximum atomic E-state index is 13.1. The summed E-state index contributed by atoms with van der Waals surface area (Å²) in [5.41, 5.74) is 7.37. The zero-order chi connectivity index (χ0) is 11.0. The van der Waals surface area contributed by atoms with Crippen LogP contribution in [0.25, 0.3) is 0 Å². The molecule has 0 spiro atoms. The number of fused-ring (bicyclic) bond motifs is 1. The Kier molecular flexibility index (Phi) is 2.61. The van der Waals surface area contributed by atoms with E-state index < -0.39 is 11.6 Å². The first kappa shape index (κ1) is 10.4. The molecule has 1 heterocycles. The van der Waals surface area contributed by atoms with Crippen molar-refractivity contribution < 1.29 is 8.78 Å². The summed E-state index contributed by atoms with van der Waals surface area (Å²) in [4.78, 5) is 1.87. The molecule has 1 aliphatic heterocycles. The fourth-order valence-electron chi connectivity index (χ4n) is 1.90. The van der Waals surface area contributed by atoms with E-state index in [-0.39, 0.29) is 6.17 Å². The topological polar surface area (TPSA) is 29.3 Å². The van der Waals surface area contributed by atoms with Gasteiger partial charge in [0.2, 0.25) is 0 Å². The quantitative estimate of drug-likeness (QED) is 0.808. The van der Waals surface area contributed by atoms with Crippen molar-refractivity contribution in [2.75, 3.05) is 11.4 Å². The molecule has 2 nitrogen and oxygen atoms in total. The summed E-state index contributed by atoms with van der Waals surface area (Å²) in [7, 11) is 0. The lowest BCUT2D eigenvalue weighted by Crippen LogP contribution is -2.40. The van der Waals surface area contributed by atoms with Gasteiger partial charge in [-0.2, -0.15) is 0 Å². The molecule has 1 radical (unpaired) electrons. The van der Waals surface area contributed by atoms with Gasteiger partial charge in [0.15, 0.2) is 11.6 Å². The van der Waals surface area contributed by atoms with Crippen LogP contribution in [0, 0.1) is 18.1 Å². The average molecular weight is 211 g/mol. The van der Waals surface area contributed by atoms with Crippen molar-refractivity contribution in [3.8, 4) is 0 Å². The highest BCUT2D eigenvalue weighted by Gasteiger charge is 2.24. The highest BCUT2D eigenvalue weighted by atomic mass is 19.2. The van der Waals surface area contributed by atoms with Gasteiger partial charge in [0.1, 0.15) is 0 Å². The Morgan fingerprint density at radius 1 is 1.40 bits per heavy atom. The van der Waals surface area contributed by atoms with E-state index in [1.807, 2.05) is 18.2 Å². The van der Waals surface area contributed by atoms with E-state index in [2.05, 4.69) is 0 Å². The molecule has 1 atom stereocenters. The van der Waals surface area contributed by atoms with Gasteiger partial charge in [-0.25, -0.2) is 8.78 Å². The summed E-state index contributed by atoms with van der Waals surface area (Å²) in [6, 6.07) is 2.48. The van der Waals surface area contributed by atoms with Crippen molar-refractivity contribution in [3.63, 3.8) is 0 Å². The van der Waals surface area contributed by atoms with Crippen LogP contribution in [-0.2, 0) is 6.42 Å². The van der Waals surface area contributed by atoms with E-state index in [4.69, 9.17) is 5.73 Å². The number of rotatable bonds is 2. The number of nitrogens with two attached hydrogens (primary N) is 1. The monoisotopic (exact) mass is 211 g/mol. The molecule has 0 aromatic heterocycles. The van der Waals surface area contributed by atoms with Crippen molar-refractivity contribution in [1.82, 2.24) is 0 Å². The predicted molar refractivity (Wildman–Crippen MR) is 55.4 cm³/mol. The zero-order valence-corrected chi connectivity index (χ0v) is 8.50. The molecule has 0 fully saturated rings. The van der Waals surface area contributed by atoms with Crippen molar-refractivity contribution in [3.05, 3.63) is 35.8 Å². The van der Waals surface area contributed by atoms with Crippen LogP contribution >= 0.6 is 0 Å². The molecule has 2 rings (SSSR count). The highest BCUT2D eigenvalue weighted by Crippen LogP contribution is 2.31. The second-order valence-corrected chi connectivity index (χ2v) is 3.66. The Labute approximate surface area is 87.7 Å². The minimum Gasteiger partial charge on any atom is -0.355 e. The third kappa shape index (κ3) is 1.69. The molecule has 4 heteroatoms. The minimum absolute atomic E-state index is 0.240. The van der Waals surface area contributed by atoms with Crippen LogP contribution in [0.3, 0.4) is 0 Å². The standard InChI is InChI=1S/C11H13F2N2/c1-2-11(14)15-4-3-7-5-8(12)9(13)6-10(7)15/h2,5-6,11H,3-4,14H2,1H3. The van der Waals surface area contributed by atoms with Crippen LogP contribution in [0.2, 0.25) is 0 Å². The lowest BCUT2D eigenvalue weighted by atomic mass is 10.1. The minimum atomic E-state index is -0.816. The third-order valence-electron chi connectivity index (χ3n) is 2.75. The molecule has 0 amide bonds. The molecule has 0 bridgehead atoms. The second-order valence-electron chi connectivity index (χ2n) is 3.66. The molecule has 81 valence electrons. The third-order valence-corrected chi connectivity index (χ3v) is 2.75. The Bertz CT molecular complexity index is 379. The van der Waals surface area contributed by atoms with Crippen LogP contribution in [0.4, 0.5) is 14.5 Å². The van der Waals surface area contributed by atoms with E-state index >= 15 is 0 Å². The van der Waals surface area contributed by atoms with Crippen molar-refractivity contribution in [2.45, 2.75) is 19.5 Å². The average Bonchev–Trinajstić information content (AvgIpc) is 2.61. The number of halogens is 2. The molecule has 1 aromatic rings. The molecule has 1 aromatic carbocycles. The Hall–Kier alpha value is -1.16. The second kappa shape index (κ2) is 3.77. The smallest absolute Gasteiger partial charge is 0.160 e. The Balaban J connectivity index is 2.38. The first-order chi connectivity index (χ1) is 7.13. The fourth-order valence-corrected chi connectivity index (χ4v) is 1.90. The van der Waals surface area contributed by atoms with Gasteiger partial charge >= 0.3 is 0 Å². The summed E-state index contributed by atoms with van der Waals surface area (Å²) in [6.45, 7) is 2.56. The van der Waals surface area contributed by atoms with Gasteiger partial charge in [0.05, 0.1) is 6.17 Å². The Morgan fingerprint density at radius 2 is 2.07 bits per heavy atom. The summed E-state index contributed by atoms with van der Waals surface area (Å²) in [6.07, 6.45) is 2.31. The van der Waals surface area contributed by atoms with Gasteiger partial charge in [0, 0.05) is 18.3 Å². The normalized spacial score (nSPS) is 16.7. The molecule has 1 unspecified atom stereocenters. The zero-order valence-electron chi connectivity index (χ0n) is 8.50. The SMILES string of the molecule is C[CH]C(N)N1CCc2cc(F)c(F)cc21. The van der Waals surface area contributed by atoms with E-state index in [0.29, 0.717) is 18.7 Å². The maximum absolute atomic E-state index is 13.1. The van der Waals surface area contributed by atoms with E-state index in [9.17, 15) is 8.78 Å². The number of nitrogens with zero attached hydrogens (tertiary/aromatic N) is 1. The number of hydrogen-bond acceptors (Lipinski definition) is 2. The molecule has 2 N–H and O–H groups in total. The van der Waals surface area contributed by atoms with Gasteiger partial charge in [-0.3, -0.25) is 0 Å². The predicted octanol–water partition coefficient (Wildman–Crippen LogP) is 1.84. The van der Waals surface area contributed by atoms with Crippen LogP contribution in [0.1, 0.15) is 12.5 Å². The van der Waals surface area contributed by atoms with Crippen LogP contribution < -0.4 is 10.6 Å². The highest BCUT2D eigenvalue weighted by molar-refractivity contribution is 5.59. The number of hydrogen-bond donors (Lipinski definition) is 1. The molecule has 15 heavy (non-hydrogen) atoms. The Morgan fingerprint density at radius 3 is 2.73 bits per heavy atom. The fraction of sp³-hybridized carbons (Fsp3) is 0.364. The van der Waals surface area contributed by atoms with E-state index in [0.717, 1.165) is 5.56 Å². The summed E-state index contributed by atoms with van der Waals surface area (Å²) in [5, 5.41) is 0. The van der Waals surface area contributed by atoms with Gasteiger partial charge in [-0.1, -0.05) is 6.92 Å². The van der Waals surface area contributed by atoms with Crippen LogP contribution in [0.15, 0.2) is 12.1 Å². The first-order valence-electron chi connectivity index (χ1n) is 4.93.